The average Bonchev–Trinajstić information content (AvgIpc) is 2.40. The third kappa shape index (κ3) is 8.86. The molecule has 2 aliphatic carbocycles. The molecule has 0 saturated heterocycles. The molecule has 0 unspecified atom stereocenters. The zero-order valence-corrected chi connectivity index (χ0v) is 11.8. The molecule has 0 amide bonds. The first-order valence-corrected chi connectivity index (χ1v) is 7.30. The number of aliphatic hydroxyl groups is 4. The zero-order valence-electron chi connectivity index (χ0n) is 11.8. The average molecular weight is 262 g/mol. The van der Waals surface area contributed by atoms with Crippen LogP contribution in [0.2, 0.25) is 0 Å². The van der Waals surface area contributed by atoms with Crippen LogP contribution in [0.25, 0.3) is 0 Å². The van der Waals surface area contributed by atoms with E-state index < -0.39 is 0 Å². The van der Waals surface area contributed by atoms with Crippen LogP contribution in [0.5, 0.6) is 0 Å². The summed E-state index contributed by atoms with van der Waals surface area (Å²) in [6.45, 7) is 4.00. The summed E-state index contributed by atoms with van der Waals surface area (Å²) < 4.78 is 0. The third-order valence-electron chi connectivity index (χ3n) is 3.33. The van der Waals surface area contributed by atoms with Crippen molar-refractivity contribution in [2.75, 3.05) is 0 Å². The van der Waals surface area contributed by atoms with E-state index in [-0.39, 0.29) is 24.4 Å². The first kappa shape index (κ1) is 17.8. The first-order chi connectivity index (χ1) is 8.58. The van der Waals surface area contributed by atoms with Crippen molar-refractivity contribution in [2.45, 2.75) is 89.6 Å². The molecule has 2 rings (SSSR count). The van der Waals surface area contributed by atoms with Gasteiger partial charge in [-0.1, -0.05) is 13.8 Å². The highest BCUT2D eigenvalue weighted by atomic mass is 16.3. The molecule has 0 aromatic heterocycles. The molecule has 0 heterocycles. The van der Waals surface area contributed by atoms with Gasteiger partial charge >= 0.3 is 0 Å². The molecule has 4 nitrogen and oxygen atoms in total. The van der Waals surface area contributed by atoms with Crippen LogP contribution >= 0.6 is 0 Å². The molecule has 0 atom stereocenters. The topological polar surface area (TPSA) is 80.9 Å². The van der Waals surface area contributed by atoms with Crippen LogP contribution in [0.1, 0.15) is 65.2 Å². The number of hydrogen-bond acceptors (Lipinski definition) is 4. The quantitative estimate of drug-likeness (QED) is 0.534. The molecule has 4 heteroatoms. The smallest absolute Gasteiger partial charge is 0.0542 e. The molecule has 0 spiro atoms. The van der Waals surface area contributed by atoms with Crippen molar-refractivity contribution in [1.82, 2.24) is 0 Å². The Morgan fingerprint density at radius 2 is 0.556 bits per heavy atom. The van der Waals surface area contributed by atoms with Gasteiger partial charge in [-0.05, 0) is 51.4 Å². The molecule has 0 radical (unpaired) electrons. The minimum atomic E-state index is -0.140. The molecule has 0 aliphatic heterocycles. The van der Waals surface area contributed by atoms with Crippen LogP contribution in [0.15, 0.2) is 0 Å². The molecule has 0 aromatic rings. The Balaban J connectivity index is 0.000000283. The van der Waals surface area contributed by atoms with Gasteiger partial charge in [0.15, 0.2) is 0 Å². The molecule has 2 aliphatic rings. The highest BCUT2D eigenvalue weighted by molar-refractivity contribution is 4.69. The summed E-state index contributed by atoms with van der Waals surface area (Å²) in [7, 11) is 0. The zero-order chi connectivity index (χ0) is 14.0. The minimum absolute atomic E-state index is 0.140. The van der Waals surface area contributed by atoms with Crippen LogP contribution in [-0.4, -0.2) is 44.8 Å². The lowest BCUT2D eigenvalue weighted by Crippen LogP contribution is -2.21. The number of aliphatic hydroxyl groups excluding tert-OH is 4. The maximum atomic E-state index is 8.92. The van der Waals surface area contributed by atoms with Crippen molar-refractivity contribution in [2.24, 2.45) is 0 Å². The third-order valence-corrected chi connectivity index (χ3v) is 3.33. The Morgan fingerprint density at radius 3 is 0.667 bits per heavy atom. The molecule has 0 bridgehead atoms. The monoisotopic (exact) mass is 262 g/mol. The van der Waals surface area contributed by atoms with Gasteiger partial charge in [-0.15, -0.1) is 0 Å². The molecule has 0 aromatic carbocycles. The van der Waals surface area contributed by atoms with Crippen molar-refractivity contribution in [3.8, 4) is 0 Å². The Morgan fingerprint density at radius 1 is 0.444 bits per heavy atom. The summed E-state index contributed by atoms with van der Waals surface area (Å²) in [5, 5.41) is 35.7. The van der Waals surface area contributed by atoms with Gasteiger partial charge in [0.05, 0.1) is 24.4 Å². The summed E-state index contributed by atoms with van der Waals surface area (Å²) in [5.41, 5.74) is 0. The van der Waals surface area contributed by atoms with Crippen LogP contribution in [0.3, 0.4) is 0 Å². The SMILES string of the molecule is CC.OC1CCC(O)CC1.OC1CCC(O)CC1. The second-order valence-corrected chi connectivity index (χ2v) is 4.92. The van der Waals surface area contributed by atoms with Crippen LogP contribution in [0, 0.1) is 0 Å². The Kier molecular flexibility index (Phi) is 10.6. The van der Waals surface area contributed by atoms with E-state index >= 15 is 0 Å². The molecule has 4 N–H and O–H groups in total. The highest BCUT2D eigenvalue weighted by Gasteiger charge is 2.16. The van der Waals surface area contributed by atoms with Gasteiger partial charge in [-0.2, -0.15) is 0 Å². The van der Waals surface area contributed by atoms with Gasteiger partial charge in [-0.3, -0.25) is 0 Å². The van der Waals surface area contributed by atoms with Gasteiger partial charge in [0.1, 0.15) is 0 Å². The molecular formula is C14H30O4. The van der Waals surface area contributed by atoms with Crippen molar-refractivity contribution in [1.29, 1.82) is 0 Å². The van der Waals surface area contributed by atoms with Gasteiger partial charge in [0.2, 0.25) is 0 Å². The van der Waals surface area contributed by atoms with Crippen molar-refractivity contribution in [3.63, 3.8) is 0 Å². The highest BCUT2D eigenvalue weighted by Crippen LogP contribution is 2.18. The van der Waals surface area contributed by atoms with Gasteiger partial charge in [0, 0.05) is 0 Å². The van der Waals surface area contributed by atoms with E-state index in [4.69, 9.17) is 20.4 Å². The fourth-order valence-corrected chi connectivity index (χ4v) is 2.12. The molecule has 2 fully saturated rings. The van der Waals surface area contributed by atoms with E-state index in [9.17, 15) is 0 Å². The van der Waals surface area contributed by atoms with E-state index in [1.54, 1.807) is 0 Å². The summed E-state index contributed by atoms with van der Waals surface area (Å²) >= 11 is 0. The molecule has 2 saturated carbocycles. The van der Waals surface area contributed by atoms with Crippen molar-refractivity contribution < 1.29 is 20.4 Å². The van der Waals surface area contributed by atoms with E-state index in [1.807, 2.05) is 13.8 Å². The predicted octanol–water partition coefficient (Wildman–Crippen LogP) is 1.59. The molecule has 18 heavy (non-hydrogen) atoms. The molecule has 110 valence electrons. The lowest BCUT2D eigenvalue weighted by Gasteiger charge is -2.20. The van der Waals surface area contributed by atoms with Crippen molar-refractivity contribution in [3.05, 3.63) is 0 Å². The van der Waals surface area contributed by atoms with Gasteiger partial charge < -0.3 is 20.4 Å². The maximum Gasteiger partial charge on any atom is 0.0542 e. The first-order valence-electron chi connectivity index (χ1n) is 7.30. The van der Waals surface area contributed by atoms with E-state index in [2.05, 4.69) is 0 Å². The summed E-state index contributed by atoms with van der Waals surface area (Å²) in [4.78, 5) is 0. The van der Waals surface area contributed by atoms with Crippen molar-refractivity contribution >= 4 is 0 Å². The number of hydrogen-bond donors (Lipinski definition) is 4. The fourth-order valence-electron chi connectivity index (χ4n) is 2.12. The summed E-state index contributed by atoms with van der Waals surface area (Å²) in [6, 6.07) is 0. The minimum Gasteiger partial charge on any atom is -0.393 e. The van der Waals surface area contributed by atoms with Crippen LogP contribution in [-0.2, 0) is 0 Å². The maximum absolute atomic E-state index is 8.92. The Bertz CT molecular complexity index is 131. The van der Waals surface area contributed by atoms with Crippen LogP contribution < -0.4 is 0 Å². The van der Waals surface area contributed by atoms with Gasteiger partial charge in [0.25, 0.3) is 0 Å². The lowest BCUT2D eigenvalue weighted by atomic mass is 9.95. The second-order valence-electron chi connectivity index (χ2n) is 4.92. The van der Waals surface area contributed by atoms with Crippen LogP contribution in [0.4, 0.5) is 0 Å². The summed E-state index contributed by atoms with van der Waals surface area (Å²) in [5.74, 6) is 0. The Labute approximate surface area is 111 Å². The van der Waals surface area contributed by atoms with E-state index in [0.717, 1.165) is 51.4 Å². The van der Waals surface area contributed by atoms with Gasteiger partial charge in [-0.25, -0.2) is 0 Å². The normalized spacial score (nSPS) is 35.7. The molecular weight excluding hydrogens is 232 g/mol. The van der Waals surface area contributed by atoms with E-state index in [0.29, 0.717) is 0 Å². The predicted molar refractivity (Wildman–Crippen MR) is 72.3 cm³/mol. The largest absolute Gasteiger partial charge is 0.393 e. The summed E-state index contributed by atoms with van der Waals surface area (Å²) in [6.07, 6.45) is 5.67. The number of rotatable bonds is 0. The Hall–Kier alpha value is -0.160. The fraction of sp³-hybridized carbons (Fsp3) is 1.00. The standard InChI is InChI=1S/2C6H12O2.C2H6/c2*7-5-1-2-6(8)4-3-5;1-2/h2*5-8H,1-4H2;1-2H3. The lowest BCUT2D eigenvalue weighted by molar-refractivity contribution is 0.0541. The van der Waals surface area contributed by atoms with E-state index in [1.165, 1.54) is 0 Å². The second kappa shape index (κ2) is 10.7.